The van der Waals surface area contributed by atoms with Gasteiger partial charge in [0.25, 0.3) is 0 Å². The van der Waals surface area contributed by atoms with Crippen LogP contribution in [0, 0.1) is 5.92 Å². The number of nitrogens with one attached hydrogen (secondary N) is 2. The van der Waals surface area contributed by atoms with Gasteiger partial charge in [0.15, 0.2) is 0 Å². The summed E-state index contributed by atoms with van der Waals surface area (Å²) in [5.74, 6) is 0.669. The zero-order valence-corrected chi connectivity index (χ0v) is 10.7. The molecule has 0 saturated carbocycles. The first-order valence-corrected chi connectivity index (χ1v) is 6.12. The minimum absolute atomic E-state index is 0.476. The van der Waals surface area contributed by atoms with E-state index in [2.05, 4.69) is 49.4 Å². The Morgan fingerprint density at radius 2 is 1.88 bits per heavy atom. The number of hydrogen-bond donors (Lipinski definition) is 2. The molecule has 2 atom stereocenters. The van der Waals surface area contributed by atoms with Crippen LogP contribution < -0.4 is 10.6 Å². The van der Waals surface area contributed by atoms with Crippen molar-refractivity contribution in [2.75, 3.05) is 17.2 Å². The molecule has 0 fully saturated rings. The van der Waals surface area contributed by atoms with Gasteiger partial charge < -0.3 is 10.6 Å². The molecule has 1 heterocycles. The molecule has 0 saturated heterocycles. The lowest BCUT2D eigenvalue weighted by molar-refractivity contribution is 0.494. The highest BCUT2D eigenvalue weighted by Gasteiger charge is 2.09. The Balaban J connectivity index is 2.62. The van der Waals surface area contributed by atoms with E-state index in [0.29, 0.717) is 12.0 Å². The molecule has 0 amide bonds. The summed E-state index contributed by atoms with van der Waals surface area (Å²) in [5, 5.41) is 6.75. The van der Waals surface area contributed by atoms with Crippen molar-refractivity contribution in [3.8, 4) is 0 Å². The Kier molecular flexibility index (Phi) is 5.09. The molecule has 1 rings (SSSR count). The van der Waals surface area contributed by atoms with E-state index in [1.807, 2.05) is 12.4 Å². The highest BCUT2D eigenvalue weighted by Crippen LogP contribution is 2.17. The lowest BCUT2D eigenvalue weighted by Crippen LogP contribution is -2.23. The maximum atomic E-state index is 4.22. The molecule has 0 aliphatic heterocycles. The second-order valence-electron chi connectivity index (χ2n) is 4.31. The molecule has 0 aromatic carbocycles. The zero-order chi connectivity index (χ0) is 12.0. The monoisotopic (exact) mass is 221 g/mol. The maximum Gasteiger partial charge on any atom is 0.0549 e. The summed E-state index contributed by atoms with van der Waals surface area (Å²) in [5.41, 5.74) is 2.16. The normalized spacial score (nSPS) is 14.2. The zero-order valence-electron chi connectivity index (χ0n) is 10.7. The summed E-state index contributed by atoms with van der Waals surface area (Å²) in [6.07, 6.45) is 4.91. The van der Waals surface area contributed by atoms with Crippen LogP contribution >= 0.6 is 0 Å². The lowest BCUT2D eigenvalue weighted by atomic mass is 10.0. The standard InChI is InChI=1S/C13H23N3/c1-5-10(3)11(4)16-13-7-12(15-6-2)8-14-9-13/h7-11,15-16H,5-6H2,1-4H3. The minimum Gasteiger partial charge on any atom is -0.384 e. The van der Waals surface area contributed by atoms with Crippen molar-refractivity contribution in [2.24, 2.45) is 5.92 Å². The fourth-order valence-corrected chi connectivity index (χ4v) is 1.58. The van der Waals surface area contributed by atoms with Gasteiger partial charge in [-0.25, -0.2) is 0 Å². The van der Waals surface area contributed by atoms with Gasteiger partial charge in [-0.05, 0) is 25.8 Å². The smallest absolute Gasteiger partial charge is 0.0549 e. The van der Waals surface area contributed by atoms with Gasteiger partial charge in [-0.3, -0.25) is 4.98 Å². The Morgan fingerprint density at radius 1 is 1.19 bits per heavy atom. The third-order valence-corrected chi connectivity index (χ3v) is 3.01. The first-order chi connectivity index (χ1) is 7.67. The molecular formula is C13H23N3. The molecule has 0 aliphatic rings. The van der Waals surface area contributed by atoms with Crippen molar-refractivity contribution >= 4 is 11.4 Å². The number of nitrogens with zero attached hydrogens (tertiary/aromatic N) is 1. The van der Waals surface area contributed by atoms with Crippen LogP contribution in [0.5, 0.6) is 0 Å². The SMILES string of the molecule is CCNc1cncc(NC(C)C(C)CC)c1. The van der Waals surface area contributed by atoms with E-state index >= 15 is 0 Å². The van der Waals surface area contributed by atoms with Crippen molar-refractivity contribution in [3.63, 3.8) is 0 Å². The first kappa shape index (κ1) is 12.8. The lowest BCUT2D eigenvalue weighted by Gasteiger charge is -2.21. The van der Waals surface area contributed by atoms with E-state index in [-0.39, 0.29) is 0 Å². The largest absolute Gasteiger partial charge is 0.384 e. The highest BCUT2D eigenvalue weighted by atomic mass is 14.9. The molecule has 90 valence electrons. The highest BCUT2D eigenvalue weighted by molar-refractivity contribution is 5.54. The van der Waals surface area contributed by atoms with Gasteiger partial charge in [-0.1, -0.05) is 20.3 Å². The van der Waals surface area contributed by atoms with Crippen LogP contribution in [-0.2, 0) is 0 Å². The van der Waals surface area contributed by atoms with Gasteiger partial charge in [0.2, 0.25) is 0 Å². The summed E-state index contributed by atoms with van der Waals surface area (Å²) >= 11 is 0. The van der Waals surface area contributed by atoms with E-state index in [9.17, 15) is 0 Å². The molecule has 0 aliphatic carbocycles. The number of pyridine rings is 1. The van der Waals surface area contributed by atoms with E-state index in [1.54, 1.807) is 0 Å². The van der Waals surface area contributed by atoms with Gasteiger partial charge in [-0.2, -0.15) is 0 Å². The number of anilines is 2. The molecule has 0 bridgehead atoms. The summed E-state index contributed by atoms with van der Waals surface area (Å²) in [6.45, 7) is 9.71. The van der Waals surface area contributed by atoms with E-state index < -0.39 is 0 Å². The van der Waals surface area contributed by atoms with Crippen LogP contribution in [0.2, 0.25) is 0 Å². The van der Waals surface area contributed by atoms with Crippen LogP contribution in [0.25, 0.3) is 0 Å². The molecular weight excluding hydrogens is 198 g/mol. The van der Waals surface area contributed by atoms with Crippen LogP contribution in [0.15, 0.2) is 18.5 Å². The van der Waals surface area contributed by atoms with Crippen molar-refractivity contribution in [2.45, 2.75) is 40.2 Å². The molecule has 3 heteroatoms. The predicted molar refractivity (Wildman–Crippen MR) is 70.9 cm³/mol. The van der Waals surface area contributed by atoms with Crippen molar-refractivity contribution in [3.05, 3.63) is 18.5 Å². The number of aromatic nitrogens is 1. The van der Waals surface area contributed by atoms with Gasteiger partial charge in [-0.15, -0.1) is 0 Å². The molecule has 1 aromatic heterocycles. The second kappa shape index (κ2) is 6.36. The average Bonchev–Trinajstić information content (AvgIpc) is 2.29. The quantitative estimate of drug-likeness (QED) is 0.773. The number of hydrogen-bond acceptors (Lipinski definition) is 3. The van der Waals surface area contributed by atoms with Crippen molar-refractivity contribution in [1.82, 2.24) is 4.98 Å². The van der Waals surface area contributed by atoms with Crippen LogP contribution in [-0.4, -0.2) is 17.6 Å². The summed E-state index contributed by atoms with van der Waals surface area (Å²) in [7, 11) is 0. The van der Waals surface area contributed by atoms with Crippen LogP contribution in [0.4, 0.5) is 11.4 Å². The fraction of sp³-hybridized carbons (Fsp3) is 0.615. The third-order valence-electron chi connectivity index (χ3n) is 3.01. The Labute approximate surface area is 98.7 Å². The van der Waals surface area contributed by atoms with Crippen LogP contribution in [0.1, 0.15) is 34.1 Å². The first-order valence-electron chi connectivity index (χ1n) is 6.12. The van der Waals surface area contributed by atoms with Gasteiger partial charge in [0, 0.05) is 12.6 Å². The summed E-state index contributed by atoms with van der Waals surface area (Å²) in [6, 6.07) is 2.58. The topological polar surface area (TPSA) is 37.0 Å². The fourth-order valence-electron chi connectivity index (χ4n) is 1.58. The van der Waals surface area contributed by atoms with Gasteiger partial charge >= 0.3 is 0 Å². The summed E-state index contributed by atoms with van der Waals surface area (Å²) < 4.78 is 0. The van der Waals surface area contributed by atoms with Crippen LogP contribution in [0.3, 0.4) is 0 Å². The molecule has 1 aromatic rings. The van der Waals surface area contributed by atoms with E-state index in [0.717, 1.165) is 17.9 Å². The molecule has 2 N–H and O–H groups in total. The van der Waals surface area contributed by atoms with E-state index in [4.69, 9.17) is 0 Å². The molecule has 16 heavy (non-hydrogen) atoms. The molecule has 2 unspecified atom stereocenters. The van der Waals surface area contributed by atoms with Crippen molar-refractivity contribution in [1.29, 1.82) is 0 Å². The van der Waals surface area contributed by atoms with Gasteiger partial charge in [0.05, 0.1) is 23.8 Å². The number of rotatable bonds is 6. The van der Waals surface area contributed by atoms with Gasteiger partial charge in [0.1, 0.15) is 0 Å². The molecule has 3 nitrogen and oxygen atoms in total. The van der Waals surface area contributed by atoms with Crippen molar-refractivity contribution < 1.29 is 0 Å². The Bertz CT molecular complexity index is 312. The van der Waals surface area contributed by atoms with E-state index in [1.165, 1.54) is 6.42 Å². The third kappa shape index (κ3) is 3.72. The second-order valence-corrected chi connectivity index (χ2v) is 4.31. The molecule has 0 spiro atoms. The molecule has 0 radical (unpaired) electrons. The Hall–Kier alpha value is -1.25. The summed E-state index contributed by atoms with van der Waals surface area (Å²) in [4.78, 5) is 4.22. The maximum absolute atomic E-state index is 4.22. The average molecular weight is 221 g/mol. The minimum atomic E-state index is 0.476. The predicted octanol–water partition coefficient (Wildman–Crippen LogP) is 3.36. The Morgan fingerprint density at radius 3 is 2.50 bits per heavy atom.